The molecule has 34 heavy (non-hydrogen) atoms. The highest BCUT2D eigenvalue weighted by Crippen LogP contribution is 2.22. The fraction of sp³-hybridized carbons (Fsp3) is 0.481. The molecular weight excluding hydrogens is 430 g/mol. The van der Waals surface area contributed by atoms with Crippen molar-refractivity contribution in [2.24, 2.45) is 5.92 Å². The summed E-state index contributed by atoms with van der Waals surface area (Å²) >= 11 is 0. The van der Waals surface area contributed by atoms with E-state index in [0.717, 1.165) is 5.56 Å². The number of benzene rings is 2. The van der Waals surface area contributed by atoms with Gasteiger partial charge in [0.25, 0.3) is 0 Å². The van der Waals surface area contributed by atoms with Gasteiger partial charge in [0.2, 0.25) is 0 Å². The van der Waals surface area contributed by atoms with Gasteiger partial charge >= 0.3 is 12.0 Å². The van der Waals surface area contributed by atoms with E-state index in [0.29, 0.717) is 18.2 Å². The van der Waals surface area contributed by atoms with Crippen LogP contribution in [0.2, 0.25) is 0 Å². The minimum Gasteiger partial charge on any atom is -0.458 e. The number of ether oxygens (including phenoxy) is 1. The Balaban J connectivity index is 2.40. The number of carbonyl (C=O) groups excluding carboxylic acids is 2. The lowest BCUT2D eigenvalue weighted by Gasteiger charge is -2.37. The van der Waals surface area contributed by atoms with Crippen LogP contribution in [0.3, 0.4) is 0 Å². The van der Waals surface area contributed by atoms with Gasteiger partial charge in [-0.25, -0.2) is 9.59 Å². The number of aliphatic hydroxyl groups is 1. The Morgan fingerprint density at radius 2 is 1.56 bits per heavy atom. The molecule has 186 valence electrons. The first-order valence-corrected chi connectivity index (χ1v) is 11.7. The topological polar surface area (TPSA) is 90.9 Å². The second-order valence-electron chi connectivity index (χ2n) is 10.0. The van der Waals surface area contributed by atoms with Crippen molar-refractivity contribution in [2.75, 3.05) is 25.0 Å². The maximum Gasteiger partial charge on any atom is 0.342 e. The normalized spacial score (nSPS) is 14.2. The Bertz CT molecular complexity index is 912. The van der Waals surface area contributed by atoms with E-state index >= 15 is 0 Å². The molecular formula is C27H39N3O4. The summed E-state index contributed by atoms with van der Waals surface area (Å²) in [5, 5.41) is 17.9. The molecule has 2 rings (SSSR count). The third kappa shape index (κ3) is 8.15. The van der Waals surface area contributed by atoms with Crippen molar-refractivity contribution in [3.63, 3.8) is 0 Å². The van der Waals surface area contributed by atoms with Crippen LogP contribution in [0.5, 0.6) is 0 Å². The lowest BCUT2D eigenvalue weighted by atomic mass is 9.88. The highest BCUT2D eigenvalue weighted by atomic mass is 16.6. The van der Waals surface area contributed by atoms with Gasteiger partial charge in [0.15, 0.2) is 5.60 Å². The summed E-state index contributed by atoms with van der Waals surface area (Å²) in [7, 11) is 1.65. The number of nitrogens with zero attached hydrogens (tertiary/aromatic N) is 1. The maximum atomic E-state index is 13.3. The van der Waals surface area contributed by atoms with Crippen LogP contribution in [0, 0.1) is 5.92 Å². The standard InChI is InChI=1S/C27H39N3O4/c1-20(2)18-28-19-27(33,24(31)34-26(3,4)5)23(17-21-13-9-7-10-14-21)29-25(32)30(6)22-15-11-8-12-16-22/h7-16,20,23,28,33H,17-19H2,1-6H3,(H,29,32)/t23-,27+/m0/s1. The highest BCUT2D eigenvalue weighted by Gasteiger charge is 2.47. The quantitative estimate of drug-likeness (QED) is 0.461. The van der Waals surface area contributed by atoms with Crippen molar-refractivity contribution in [1.29, 1.82) is 0 Å². The number of hydrogen-bond donors (Lipinski definition) is 3. The van der Waals surface area contributed by atoms with Crippen molar-refractivity contribution in [3.8, 4) is 0 Å². The zero-order valence-corrected chi connectivity index (χ0v) is 21.2. The lowest BCUT2D eigenvalue weighted by molar-refractivity contribution is -0.179. The number of carbonyl (C=O) groups is 2. The zero-order valence-electron chi connectivity index (χ0n) is 21.2. The average Bonchev–Trinajstić information content (AvgIpc) is 2.77. The largest absolute Gasteiger partial charge is 0.458 e. The SMILES string of the molecule is CC(C)CNC[C@](O)(C(=O)OC(C)(C)C)[C@H](Cc1ccccc1)NC(=O)N(C)c1ccccc1. The molecule has 7 heteroatoms. The third-order valence-electron chi connectivity index (χ3n) is 5.30. The molecule has 0 aliphatic carbocycles. The van der Waals surface area contributed by atoms with Crippen molar-refractivity contribution < 1.29 is 19.4 Å². The van der Waals surface area contributed by atoms with Crippen LogP contribution >= 0.6 is 0 Å². The Labute approximate surface area is 203 Å². The average molecular weight is 470 g/mol. The molecule has 7 nitrogen and oxygen atoms in total. The number of urea groups is 1. The molecule has 2 atom stereocenters. The van der Waals surface area contributed by atoms with Gasteiger partial charge in [-0.15, -0.1) is 0 Å². The van der Waals surface area contributed by atoms with Gasteiger partial charge in [-0.1, -0.05) is 62.4 Å². The van der Waals surface area contributed by atoms with E-state index in [-0.39, 0.29) is 13.0 Å². The zero-order chi connectivity index (χ0) is 25.4. The summed E-state index contributed by atoms with van der Waals surface area (Å²) in [6.45, 7) is 9.87. The van der Waals surface area contributed by atoms with E-state index in [1.807, 2.05) is 74.5 Å². The molecule has 0 bridgehead atoms. The highest BCUT2D eigenvalue weighted by molar-refractivity contribution is 5.92. The van der Waals surface area contributed by atoms with Crippen LogP contribution in [-0.2, 0) is 16.0 Å². The number of amides is 2. The van der Waals surface area contributed by atoms with Crippen molar-refractivity contribution in [1.82, 2.24) is 10.6 Å². The number of nitrogens with one attached hydrogen (secondary N) is 2. The van der Waals surface area contributed by atoms with Crippen LogP contribution in [0.4, 0.5) is 10.5 Å². The van der Waals surface area contributed by atoms with Crippen molar-refractivity contribution in [3.05, 3.63) is 66.2 Å². The Morgan fingerprint density at radius 1 is 1.00 bits per heavy atom. The van der Waals surface area contributed by atoms with E-state index in [1.54, 1.807) is 27.8 Å². The number of anilines is 1. The van der Waals surface area contributed by atoms with E-state index in [1.165, 1.54) is 4.90 Å². The summed E-state index contributed by atoms with van der Waals surface area (Å²) in [6.07, 6.45) is 0.244. The molecule has 0 unspecified atom stereocenters. The van der Waals surface area contributed by atoms with Gasteiger partial charge in [0.1, 0.15) is 5.60 Å². The first-order valence-electron chi connectivity index (χ1n) is 11.7. The molecule has 0 aliphatic heterocycles. The lowest BCUT2D eigenvalue weighted by Crippen LogP contribution is -2.65. The van der Waals surface area contributed by atoms with E-state index in [9.17, 15) is 14.7 Å². The summed E-state index contributed by atoms with van der Waals surface area (Å²) in [5.41, 5.74) is -1.23. The molecule has 2 amide bonds. The number of para-hydroxylation sites is 1. The summed E-state index contributed by atoms with van der Waals surface area (Å²) in [6, 6.07) is 17.3. The Hall–Kier alpha value is -2.90. The summed E-state index contributed by atoms with van der Waals surface area (Å²) in [4.78, 5) is 28.0. The molecule has 0 spiro atoms. The molecule has 2 aromatic rings. The minimum atomic E-state index is -1.99. The van der Waals surface area contributed by atoms with Gasteiger partial charge in [-0.05, 0) is 57.4 Å². The maximum absolute atomic E-state index is 13.3. The minimum absolute atomic E-state index is 0.0626. The molecule has 0 saturated carbocycles. The molecule has 0 fully saturated rings. The fourth-order valence-electron chi connectivity index (χ4n) is 3.46. The van der Waals surface area contributed by atoms with Gasteiger partial charge < -0.3 is 20.5 Å². The Morgan fingerprint density at radius 3 is 2.09 bits per heavy atom. The van der Waals surface area contributed by atoms with Crippen LogP contribution in [0.15, 0.2) is 60.7 Å². The van der Waals surface area contributed by atoms with E-state index in [2.05, 4.69) is 10.6 Å². The molecule has 0 saturated heterocycles. The number of hydrogen-bond acceptors (Lipinski definition) is 5. The fourth-order valence-corrected chi connectivity index (χ4v) is 3.46. The predicted octanol–water partition coefficient (Wildman–Crippen LogP) is 3.76. The Kier molecular flexibility index (Phi) is 9.65. The third-order valence-corrected chi connectivity index (χ3v) is 5.30. The van der Waals surface area contributed by atoms with Gasteiger partial charge in [-0.2, -0.15) is 0 Å². The molecule has 2 aromatic carbocycles. The smallest absolute Gasteiger partial charge is 0.342 e. The summed E-state index contributed by atoms with van der Waals surface area (Å²) in [5.74, 6) is -0.464. The molecule has 0 aliphatic rings. The van der Waals surface area contributed by atoms with Crippen LogP contribution in [0.1, 0.15) is 40.2 Å². The van der Waals surface area contributed by atoms with Gasteiger partial charge in [0.05, 0.1) is 6.04 Å². The molecule has 3 N–H and O–H groups in total. The van der Waals surface area contributed by atoms with E-state index < -0.39 is 29.2 Å². The molecule has 0 radical (unpaired) electrons. The van der Waals surface area contributed by atoms with Crippen LogP contribution in [-0.4, -0.2) is 54.5 Å². The first kappa shape index (κ1) is 27.3. The first-order chi connectivity index (χ1) is 15.9. The van der Waals surface area contributed by atoms with Crippen molar-refractivity contribution >= 4 is 17.7 Å². The molecule has 0 aromatic heterocycles. The second kappa shape index (κ2) is 12.0. The number of rotatable bonds is 10. The van der Waals surface area contributed by atoms with Crippen molar-refractivity contribution in [2.45, 2.75) is 58.3 Å². The van der Waals surface area contributed by atoms with E-state index in [4.69, 9.17) is 4.74 Å². The van der Waals surface area contributed by atoms with Crippen LogP contribution < -0.4 is 15.5 Å². The van der Waals surface area contributed by atoms with Gasteiger partial charge in [-0.3, -0.25) is 4.90 Å². The van der Waals surface area contributed by atoms with Crippen LogP contribution in [0.25, 0.3) is 0 Å². The second-order valence-corrected chi connectivity index (χ2v) is 10.0. The number of esters is 1. The molecule has 0 heterocycles. The van der Waals surface area contributed by atoms with Gasteiger partial charge in [0, 0.05) is 19.3 Å². The monoisotopic (exact) mass is 469 g/mol. The predicted molar refractivity (Wildman–Crippen MR) is 136 cm³/mol. The summed E-state index contributed by atoms with van der Waals surface area (Å²) < 4.78 is 5.61.